The van der Waals surface area contributed by atoms with Gasteiger partial charge in [-0.15, -0.1) is 6.42 Å². The number of terminal acetylenes is 1. The van der Waals surface area contributed by atoms with Crippen molar-refractivity contribution in [2.45, 2.75) is 32.7 Å². The molecule has 0 radical (unpaired) electrons. The summed E-state index contributed by atoms with van der Waals surface area (Å²) in [6.07, 6.45) is 9.57. The molecular weight excluding hydrogens is 238 g/mol. The van der Waals surface area contributed by atoms with Crippen LogP contribution in [0.4, 0.5) is 5.69 Å². The van der Waals surface area contributed by atoms with Crippen LogP contribution in [-0.4, -0.2) is 28.5 Å². The summed E-state index contributed by atoms with van der Waals surface area (Å²) in [5.74, 6) is 3.18. The first-order chi connectivity index (χ1) is 9.02. The van der Waals surface area contributed by atoms with Gasteiger partial charge in [0.2, 0.25) is 0 Å². The predicted molar refractivity (Wildman–Crippen MR) is 76.7 cm³/mol. The summed E-state index contributed by atoms with van der Waals surface area (Å²) in [4.78, 5) is 14.3. The Morgan fingerprint density at radius 2 is 2.32 bits per heavy atom. The lowest BCUT2D eigenvalue weighted by Gasteiger charge is -2.22. The number of carbonyl (C=O) groups excluding carboxylic acids is 1. The molecule has 0 aliphatic heterocycles. The fourth-order valence-corrected chi connectivity index (χ4v) is 2.20. The monoisotopic (exact) mass is 259 g/mol. The second-order valence-corrected chi connectivity index (χ2v) is 5.49. The van der Waals surface area contributed by atoms with E-state index < -0.39 is 0 Å². The lowest BCUT2D eigenvalue weighted by molar-refractivity contribution is 0.0757. The fraction of sp³-hybridized carbons (Fsp3) is 0.533. The van der Waals surface area contributed by atoms with Crippen LogP contribution < -0.4 is 5.73 Å². The van der Waals surface area contributed by atoms with Crippen LogP contribution in [0.2, 0.25) is 0 Å². The number of carbonyl (C=O) groups is 1. The van der Waals surface area contributed by atoms with Crippen molar-refractivity contribution in [1.82, 2.24) is 9.47 Å². The average molecular weight is 259 g/mol. The molecule has 0 spiro atoms. The van der Waals surface area contributed by atoms with E-state index in [0.717, 1.165) is 6.54 Å². The van der Waals surface area contributed by atoms with E-state index in [1.54, 1.807) is 11.0 Å². The molecule has 0 unspecified atom stereocenters. The summed E-state index contributed by atoms with van der Waals surface area (Å²) in [7, 11) is 0. The number of hydrogen-bond donors (Lipinski definition) is 1. The van der Waals surface area contributed by atoms with Crippen LogP contribution in [0.3, 0.4) is 0 Å². The van der Waals surface area contributed by atoms with E-state index in [9.17, 15) is 4.79 Å². The lowest BCUT2D eigenvalue weighted by atomic mass is 10.3. The molecule has 4 heteroatoms. The molecule has 1 aromatic heterocycles. The third-order valence-corrected chi connectivity index (χ3v) is 3.39. The molecular formula is C15H21N3O. The van der Waals surface area contributed by atoms with Crippen molar-refractivity contribution in [2.75, 3.05) is 18.8 Å². The highest BCUT2D eigenvalue weighted by Gasteiger charge is 2.28. The van der Waals surface area contributed by atoms with Crippen LogP contribution >= 0.6 is 0 Å². The van der Waals surface area contributed by atoms with Crippen LogP contribution in [-0.2, 0) is 0 Å². The SMILES string of the molecule is C#CCN(CC1CC1)C(=O)c1cc(N)cn1C(C)C. The van der Waals surface area contributed by atoms with Gasteiger partial charge in [-0.05, 0) is 38.7 Å². The van der Waals surface area contributed by atoms with E-state index in [-0.39, 0.29) is 11.9 Å². The van der Waals surface area contributed by atoms with Crippen molar-refractivity contribution in [1.29, 1.82) is 0 Å². The highest BCUT2D eigenvalue weighted by molar-refractivity contribution is 5.94. The normalized spacial score (nSPS) is 14.4. The highest BCUT2D eigenvalue weighted by Crippen LogP contribution is 2.30. The molecule has 102 valence electrons. The van der Waals surface area contributed by atoms with Gasteiger partial charge in [-0.25, -0.2) is 0 Å². The molecule has 1 amide bonds. The zero-order chi connectivity index (χ0) is 14.0. The van der Waals surface area contributed by atoms with E-state index >= 15 is 0 Å². The molecule has 0 saturated heterocycles. The molecule has 0 bridgehead atoms. The molecule has 0 aromatic carbocycles. The molecule has 1 aliphatic rings. The van der Waals surface area contributed by atoms with Crippen molar-refractivity contribution in [3.05, 3.63) is 18.0 Å². The van der Waals surface area contributed by atoms with Gasteiger partial charge in [-0.2, -0.15) is 0 Å². The molecule has 19 heavy (non-hydrogen) atoms. The highest BCUT2D eigenvalue weighted by atomic mass is 16.2. The Morgan fingerprint density at radius 1 is 1.63 bits per heavy atom. The van der Waals surface area contributed by atoms with E-state index in [4.69, 9.17) is 12.2 Å². The molecule has 1 aromatic rings. The van der Waals surface area contributed by atoms with Crippen molar-refractivity contribution < 1.29 is 4.79 Å². The maximum Gasteiger partial charge on any atom is 0.271 e. The van der Waals surface area contributed by atoms with E-state index in [1.807, 2.05) is 24.6 Å². The standard InChI is InChI=1S/C15H21N3O/c1-4-7-17(9-12-5-6-12)15(19)14-8-13(16)10-18(14)11(2)3/h1,8,10-12H,5-7,9,16H2,2-3H3. The van der Waals surface area contributed by atoms with Gasteiger partial charge in [0.05, 0.1) is 12.2 Å². The summed E-state index contributed by atoms with van der Waals surface area (Å²) in [6, 6.07) is 1.93. The zero-order valence-electron chi connectivity index (χ0n) is 11.6. The maximum atomic E-state index is 12.6. The van der Waals surface area contributed by atoms with Gasteiger partial charge in [0, 0.05) is 18.8 Å². The molecule has 1 fully saturated rings. The van der Waals surface area contributed by atoms with E-state index in [0.29, 0.717) is 23.8 Å². The van der Waals surface area contributed by atoms with Crippen molar-refractivity contribution in [3.8, 4) is 12.3 Å². The topological polar surface area (TPSA) is 51.3 Å². The van der Waals surface area contributed by atoms with Crippen molar-refractivity contribution in [3.63, 3.8) is 0 Å². The molecule has 1 aliphatic carbocycles. The lowest BCUT2D eigenvalue weighted by Crippen LogP contribution is -2.34. The molecule has 1 heterocycles. The third-order valence-electron chi connectivity index (χ3n) is 3.39. The Balaban J connectivity index is 2.22. The summed E-state index contributed by atoms with van der Waals surface area (Å²) < 4.78 is 1.91. The number of rotatable bonds is 5. The second kappa shape index (κ2) is 5.40. The first-order valence-electron chi connectivity index (χ1n) is 6.73. The predicted octanol–water partition coefficient (Wildman–Crippen LogP) is 2.14. The Bertz CT molecular complexity index is 506. The number of aromatic nitrogens is 1. The van der Waals surface area contributed by atoms with Crippen LogP contribution in [0.15, 0.2) is 12.3 Å². The Hall–Kier alpha value is -1.89. The minimum atomic E-state index is -0.0183. The largest absolute Gasteiger partial charge is 0.397 e. The van der Waals surface area contributed by atoms with E-state index in [1.165, 1.54) is 12.8 Å². The smallest absolute Gasteiger partial charge is 0.271 e. The second-order valence-electron chi connectivity index (χ2n) is 5.49. The summed E-state index contributed by atoms with van der Waals surface area (Å²) in [5.41, 5.74) is 7.05. The van der Waals surface area contributed by atoms with Crippen molar-refractivity contribution in [2.24, 2.45) is 5.92 Å². The number of nitrogen functional groups attached to an aromatic ring is 1. The van der Waals surface area contributed by atoms with Gasteiger partial charge < -0.3 is 15.2 Å². The van der Waals surface area contributed by atoms with Crippen LogP contribution in [0, 0.1) is 18.3 Å². The van der Waals surface area contributed by atoms with Crippen LogP contribution in [0.5, 0.6) is 0 Å². The molecule has 2 rings (SSSR count). The number of nitrogens with zero attached hydrogens (tertiary/aromatic N) is 2. The van der Waals surface area contributed by atoms with Crippen LogP contribution in [0.1, 0.15) is 43.2 Å². The van der Waals surface area contributed by atoms with Gasteiger partial charge in [0.1, 0.15) is 5.69 Å². The molecule has 0 atom stereocenters. The molecule has 2 N–H and O–H groups in total. The number of nitrogens with two attached hydrogens (primary N) is 1. The van der Waals surface area contributed by atoms with Crippen LogP contribution in [0.25, 0.3) is 0 Å². The Kier molecular flexibility index (Phi) is 3.84. The summed E-state index contributed by atoms with van der Waals surface area (Å²) >= 11 is 0. The van der Waals surface area contributed by atoms with Crippen molar-refractivity contribution >= 4 is 11.6 Å². The number of amides is 1. The summed E-state index contributed by atoms with van der Waals surface area (Å²) in [6.45, 7) is 5.18. The van der Waals surface area contributed by atoms with Gasteiger partial charge in [-0.3, -0.25) is 4.79 Å². The fourth-order valence-electron chi connectivity index (χ4n) is 2.20. The number of hydrogen-bond acceptors (Lipinski definition) is 2. The van der Waals surface area contributed by atoms with E-state index in [2.05, 4.69) is 5.92 Å². The van der Waals surface area contributed by atoms with Gasteiger partial charge in [0.15, 0.2) is 0 Å². The molecule has 4 nitrogen and oxygen atoms in total. The first-order valence-corrected chi connectivity index (χ1v) is 6.73. The number of anilines is 1. The third kappa shape index (κ3) is 3.11. The Morgan fingerprint density at radius 3 is 2.84 bits per heavy atom. The maximum absolute atomic E-state index is 12.6. The molecule has 1 saturated carbocycles. The quantitative estimate of drug-likeness (QED) is 0.824. The van der Waals surface area contributed by atoms with Gasteiger partial charge >= 0.3 is 0 Å². The minimum absolute atomic E-state index is 0.0183. The van der Waals surface area contributed by atoms with Gasteiger partial charge in [-0.1, -0.05) is 5.92 Å². The summed E-state index contributed by atoms with van der Waals surface area (Å²) in [5, 5.41) is 0. The zero-order valence-corrected chi connectivity index (χ0v) is 11.6. The Labute approximate surface area is 114 Å². The minimum Gasteiger partial charge on any atom is -0.397 e. The average Bonchev–Trinajstić information content (AvgIpc) is 3.08. The first kappa shape index (κ1) is 13.5. The van der Waals surface area contributed by atoms with Gasteiger partial charge in [0.25, 0.3) is 5.91 Å².